The highest BCUT2D eigenvalue weighted by Gasteiger charge is 2.46. The Balaban J connectivity index is 1.58. The molecule has 1 saturated heterocycles. The number of nitrogens with zero attached hydrogens (tertiary/aromatic N) is 2. The van der Waals surface area contributed by atoms with Gasteiger partial charge in [-0.2, -0.15) is 0 Å². The third kappa shape index (κ3) is 4.60. The average molecular weight is 458 g/mol. The van der Waals surface area contributed by atoms with Gasteiger partial charge in [0.25, 0.3) is 5.91 Å². The van der Waals surface area contributed by atoms with Crippen molar-refractivity contribution < 1.29 is 18.8 Å². The third-order valence-corrected chi connectivity index (χ3v) is 5.93. The number of amides is 4. The molecule has 1 N–H and O–H groups in total. The molecule has 0 aliphatic carbocycles. The van der Waals surface area contributed by atoms with Crippen molar-refractivity contribution in [3.8, 4) is 0 Å². The van der Waals surface area contributed by atoms with E-state index in [1.807, 2.05) is 17.5 Å². The zero-order valence-corrected chi connectivity index (χ0v) is 17.7. The van der Waals surface area contributed by atoms with Gasteiger partial charge < -0.3 is 10.2 Å². The second-order valence-electron chi connectivity index (χ2n) is 6.91. The molecule has 9 heteroatoms. The number of benzene rings is 2. The quantitative estimate of drug-likeness (QED) is 0.535. The van der Waals surface area contributed by atoms with Crippen molar-refractivity contribution in [1.29, 1.82) is 0 Å². The van der Waals surface area contributed by atoms with Crippen LogP contribution in [0.5, 0.6) is 0 Å². The summed E-state index contributed by atoms with van der Waals surface area (Å²) in [4.78, 5) is 42.1. The Labute approximate surface area is 186 Å². The normalized spacial score (nSPS) is 16.1. The van der Waals surface area contributed by atoms with Gasteiger partial charge in [0.05, 0.1) is 18.7 Å². The van der Waals surface area contributed by atoms with Gasteiger partial charge in [0.1, 0.15) is 11.9 Å². The highest BCUT2D eigenvalue weighted by Crippen LogP contribution is 2.29. The van der Waals surface area contributed by atoms with E-state index in [1.54, 1.807) is 24.3 Å². The second-order valence-corrected chi connectivity index (χ2v) is 8.38. The first-order chi connectivity index (χ1) is 14.9. The molecule has 2 heterocycles. The monoisotopic (exact) mass is 457 g/mol. The third-order valence-electron chi connectivity index (χ3n) is 4.82. The summed E-state index contributed by atoms with van der Waals surface area (Å²) in [5.41, 5.74) is 0.791. The van der Waals surface area contributed by atoms with Crippen LogP contribution < -0.4 is 10.2 Å². The van der Waals surface area contributed by atoms with E-state index < -0.39 is 29.7 Å². The number of halogens is 2. The lowest BCUT2D eigenvalue weighted by Crippen LogP contribution is -2.37. The lowest BCUT2D eigenvalue weighted by atomic mass is 10.1. The van der Waals surface area contributed by atoms with E-state index in [4.69, 9.17) is 11.6 Å². The van der Waals surface area contributed by atoms with Gasteiger partial charge in [0, 0.05) is 15.6 Å². The van der Waals surface area contributed by atoms with Crippen LogP contribution in [0.2, 0.25) is 5.02 Å². The smallest absolute Gasteiger partial charge is 0.326 e. The minimum Gasteiger partial charge on any atom is -0.326 e. The summed E-state index contributed by atoms with van der Waals surface area (Å²) in [5, 5.41) is 5.13. The Hall–Kier alpha value is -3.23. The molecule has 4 rings (SSSR count). The van der Waals surface area contributed by atoms with E-state index in [2.05, 4.69) is 5.32 Å². The van der Waals surface area contributed by atoms with Crippen LogP contribution in [0.3, 0.4) is 0 Å². The lowest BCUT2D eigenvalue weighted by Gasteiger charge is -2.21. The number of nitrogens with one attached hydrogen (secondary N) is 1. The Kier molecular flexibility index (Phi) is 6.01. The van der Waals surface area contributed by atoms with Crippen molar-refractivity contribution in [2.24, 2.45) is 0 Å². The first-order valence-corrected chi connectivity index (χ1v) is 10.7. The van der Waals surface area contributed by atoms with E-state index >= 15 is 0 Å². The maximum atomic E-state index is 13.3. The fourth-order valence-electron chi connectivity index (χ4n) is 3.33. The highest BCUT2D eigenvalue weighted by atomic mass is 35.5. The number of carbonyl (C=O) groups is 3. The average Bonchev–Trinajstić information content (AvgIpc) is 3.33. The molecule has 1 aliphatic rings. The van der Waals surface area contributed by atoms with Gasteiger partial charge in [-0.3, -0.25) is 9.59 Å². The number of imide groups is 1. The van der Waals surface area contributed by atoms with Crippen molar-refractivity contribution in [1.82, 2.24) is 4.90 Å². The van der Waals surface area contributed by atoms with E-state index in [-0.39, 0.29) is 18.7 Å². The predicted molar refractivity (Wildman–Crippen MR) is 118 cm³/mol. The largest absolute Gasteiger partial charge is 0.332 e. The second kappa shape index (κ2) is 8.87. The zero-order chi connectivity index (χ0) is 22.0. The SMILES string of the molecule is O=C(CC1C(=O)N(c2ccc(F)cc2)C(=O)N1Cc1cccs1)Nc1ccc(Cl)cc1. The first kappa shape index (κ1) is 21.0. The van der Waals surface area contributed by atoms with Crippen molar-refractivity contribution >= 4 is 52.2 Å². The summed E-state index contributed by atoms with van der Waals surface area (Å²) in [5.74, 6) is -1.41. The van der Waals surface area contributed by atoms with Gasteiger partial charge in [0.2, 0.25) is 5.91 Å². The van der Waals surface area contributed by atoms with Crippen LogP contribution in [0.4, 0.5) is 20.6 Å². The molecule has 0 bridgehead atoms. The van der Waals surface area contributed by atoms with Crippen molar-refractivity contribution in [2.75, 3.05) is 10.2 Å². The Morgan fingerprint density at radius 3 is 2.42 bits per heavy atom. The van der Waals surface area contributed by atoms with Gasteiger partial charge in [0.15, 0.2) is 0 Å². The van der Waals surface area contributed by atoms with Crippen molar-refractivity contribution in [2.45, 2.75) is 19.0 Å². The fourth-order valence-corrected chi connectivity index (χ4v) is 4.16. The summed E-state index contributed by atoms with van der Waals surface area (Å²) in [6, 6.07) is 13.8. The lowest BCUT2D eigenvalue weighted by molar-refractivity contribution is -0.124. The molecule has 0 saturated carbocycles. The first-order valence-electron chi connectivity index (χ1n) is 9.40. The minimum atomic E-state index is -0.980. The summed E-state index contributed by atoms with van der Waals surface area (Å²) in [7, 11) is 0. The molecule has 2 aromatic carbocycles. The van der Waals surface area contributed by atoms with Crippen LogP contribution >= 0.6 is 22.9 Å². The Morgan fingerprint density at radius 1 is 1.06 bits per heavy atom. The number of rotatable bonds is 6. The fraction of sp³-hybridized carbons (Fsp3) is 0.136. The molecular formula is C22H17ClFN3O3S. The molecule has 1 aromatic heterocycles. The maximum Gasteiger partial charge on any atom is 0.332 e. The van der Waals surface area contributed by atoms with Crippen LogP contribution in [0, 0.1) is 5.82 Å². The Bertz CT molecular complexity index is 1100. The van der Waals surface area contributed by atoms with E-state index in [0.717, 1.165) is 9.78 Å². The van der Waals surface area contributed by atoms with Gasteiger partial charge >= 0.3 is 6.03 Å². The van der Waals surface area contributed by atoms with Gasteiger partial charge in [-0.25, -0.2) is 14.1 Å². The molecule has 1 aliphatic heterocycles. The molecular weight excluding hydrogens is 441 g/mol. The van der Waals surface area contributed by atoms with Gasteiger partial charge in [-0.1, -0.05) is 17.7 Å². The number of anilines is 2. The van der Waals surface area contributed by atoms with Crippen LogP contribution in [-0.4, -0.2) is 28.8 Å². The van der Waals surface area contributed by atoms with Crippen LogP contribution in [0.15, 0.2) is 66.0 Å². The zero-order valence-electron chi connectivity index (χ0n) is 16.1. The number of hydrogen-bond donors (Lipinski definition) is 1. The molecule has 1 atom stereocenters. The van der Waals surface area contributed by atoms with E-state index in [9.17, 15) is 18.8 Å². The highest BCUT2D eigenvalue weighted by molar-refractivity contribution is 7.09. The number of hydrogen-bond acceptors (Lipinski definition) is 4. The van der Waals surface area contributed by atoms with Crippen LogP contribution in [0.1, 0.15) is 11.3 Å². The molecule has 1 unspecified atom stereocenters. The van der Waals surface area contributed by atoms with Gasteiger partial charge in [-0.05, 0) is 60.0 Å². The number of thiophene rings is 1. The summed E-state index contributed by atoms with van der Waals surface area (Å²) >= 11 is 7.31. The van der Waals surface area contributed by atoms with Crippen LogP contribution in [0.25, 0.3) is 0 Å². The van der Waals surface area contributed by atoms with E-state index in [0.29, 0.717) is 10.7 Å². The molecule has 31 heavy (non-hydrogen) atoms. The molecule has 6 nitrogen and oxygen atoms in total. The number of urea groups is 1. The standard InChI is InChI=1S/C22H17ClFN3O3S/c23-14-3-7-16(8-4-14)25-20(28)12-19-21(29)27(17-9-5-15(24)6-10-17)22(30)26(19)13-18-2-1-11-31-18/h1-11,19H,12-13H2,(H,25,28). The maximum absolute atomic E-state index is 13.3. The molecule has 1 fully saturated rings. The molecule has 3 aromatic rings. The molecule has 0 spiro atoms. The minimum absolute atomic E-state index is 0.193. The molecule has 4 amide bonds. The van der Waals surface area contributed by atoms with Crippen LogP contribution in [-0.2, 0) is 16.1 Å². The van der Waals surface area contributed by atoms with Crippen molar-refractivity contribution in [3.63, 3.8) is 0 Å². The van der Waals surface area contributed by atoms with E-state index in [1.165, 1.54) is 40.5 Å². The van der Waals surface area contributed by atoms with Gasteiger partial charge in [-0.15, -0.1) is 11.3 Å². The summed E-state index contributed by atoms with van der Waals surface area (Å²) < 4.78 is 13.3. The molecule has 158 valence electrons. The topological polar surface area (TPSA) is 69.7 Å². The number of carbonyl (C=O) groups excluding carboxylic acids is 3. The van der Waals surface area contributed by atoms with Crippen molar-refractivity contribution in [3.05, 3.63) is 81.8 Å². The Morgan fingerprint density at radius 2 is 1.77 bits per heavy atom. The molecule has 0 radical (unpaired) electrons. The predicted octanol–water partition coefficient (Wildman–Crippen LogP) is 4.91. The summed E-state index contributed by atoms with van der Waals surface area (Å²) in [6.45, 7) is 0.193. The summed E-state index contributed by atoms with van der Waals surface area (Å²) in [6.07, 6.45) is -0.212.